The normalized spacial score (nSPS) is 11.5. The van der Waals surface area contributed by atoms with Gasteiger partial charge < -0.3 is 9.84 Å². The van der Waals surface area contributed by atoms with Crippen molar-refractivity contribution in [1.29, 1.82) is 0 Å². The van der Waals surface area contributed by atoms with Crippen LogP contribution in [0, 0.1) is 5.82 Å². The molecule has 3 nitrogen and oxygen atoms in total. The molecule has 0 bridgehead atoms. The molecular formula is C13H8ClF4NO2. The predicted molar refractivity (Wildman–Crippen MR) is 66.6 cm³/mol. The van der Waals surface area contributed by atoms with Crippen molar-refractivity contribution in [2.75, 3.05) is 0 Å². The Morgan fingerprint density at radius 1 is 1.19 bits per heavy atom. The Labute approximate surface area is 121 Å². The molecule has 0 saturated heterocycles. The van der Waals surface area contributed by atoms with Gasteiger partial charge in [0.2, 0.25) is 5.88 Å². The van der Waals surface area contributed by atoms with Gasteiger partial charge in [0.05, 0.1) is 22.9 Å². The number of pyridine rings is 1. The maximum atomic E-state index is 13.1. The average molecular weight is 322 g/mol. The van der Waals surface area contributed by atoms with E-state index in [9.17, 15) is 17.6 Å². The summed E-state index contributed by atoms with van der Waals surface area (Å²) >= 11 is 5.73. The summed E-state index contributed by atoms with van der Waals surface area (Å²) in [6, 6.07) is 4.92. The highest BCUT2D eigenvalue weighted by Gasteiger charge is 2.34. The van der Waals surface area contributed by atoms with Crippen molar-refractivity contribution in [2.45, 2.75) is 12.8 Å². The first kappa shape index (κ1) is 15.5. The zero-order valence-corrected chi connectivity index (χ0v) is 11.0. The van der Waals surface area contributed by atoms with Gasteiger partial charge in [-0.1, -0.05) is 11.6 Å². The van der Waals surface area contributed by atoms with Crippen LogP contribution in [0.15, 0.2) is 30.3 Å². The van der Waals surface area contributed by atoms with Gasteiger partial charge in [-0.25, -0.2) is 9.37 Å². The van der Waals surface area contributed by atoms with Crippen LogP contribution in [0.2, 0.25) is 5.02 Å². The number of ether oxygens (including phenoxy) is 1. The Morgan fingerprint density at radius 2 is 1.90 bits per heavy atom. The molecule has 2 aromatic rings. The van der Waals surface area contributed by atoms with Crippen molar-refractivity contribution in [3.63, 3.8) is 0 Å². The van der Waals surface area contributed by atoms with E-state index in [4.69, 9.17) is 21.4 Å². The van der Waals surface area contributed by atoms with Crippen molar-refractivity contribution >= 4 is 11.6 Å². The molecule has 0 aliphatic rings. The second kappa shape index (κ2) is 5.87. The van der Waals surface area contributed by atoms with Gasteiger partial charge in [-0.05, 0) is 24.3 Å². The lowest BCUT2D eigenvalue weighted by molar-refractivity contribution is -0.140. The van der Waals surface area contributed by atoms with Crippen LogP contribution in [-0.4, -0.2) is 10.1 Å². The number of benzene rings is 1. The quantitative estimate of drug-likeness (QED) is 0.862. The first-order valence-electron chi connectivity index (χ1n) is 5.62. The van der Waals surface area contributed by atoms with Crippen molar-refractivity contribution in [2.24, 2.45) is 0 Å². The summed E-state index contributed by atoms with van der Waals surface area (Å²) in [6.07, 6.45) is -4.83. The van der Waals surface area contributed by atoms with Gasteiger partial charge >= 0.3 is 6.18 Å². The molecule has 8 heteroatoms. The van der Waals surface area contributed by atoms with Crippen LogP contribution < -0.4 is 4.74 Å². The number of alkyl halides is 3. The maximum Gasteiger partial charge on any atom is 0.419 e. The summed E-state index contributed by atoms with van der Waals surface area (Å²) in [7, 11) is 0. The van der Waals surface area contributed by atoms with Crippen LogP contribution >= 0.6 is 11.6 Å². The van der Waals surface area contributed by atoms with Gasteiger partial charge in [-0.15, -0.1) is 0 Å². The summed E-state index contributed by atoms with van der Waals surface area (Å²) in [4.78, 5) is 3.82. The molecule has 1 aromatic carbocycles. The second-order valence-corrected chi connectivity index (χ2v) is 4.38. The molecule has 1 heterocycles. The number of hydrogen-bond donors (Lipinski definition) is 1. The first-order valence-corrected chi connectivity index (χ1v) is 6.00. The smallest absolute Gasteiger partial charge is 0.419 e. The van der Waals surface area contributed by atoms with E-state index in [2.05, 4.69) is 4.98 Å². The van der Waals surface area contributed by atoms with Crippen LogP contribution in [0.3, 0.4) is 0 Å². The minimum absolute atomic E-state index is 0.0665. The van der Waals surface area contributed by atoms with Crippen molar-refractivity contribution in [3.05, 3.63) is 52.4 Å². The van der Waals surface area contributed by atoms with Gasteiger partial charge in [-0.2, -0.15) is 13.2 Å². The highest BCUT2D eigenvalue weighted by atomic mass is 35.5. The fraction of sp³-hybridized carbons (Fsp3) is 0.154. The monoisotopic (exact) mass is 321 g/mol. The summed E-state index contributed by atoms with van der Waals surface area (Å²) < 4.78 is 56.0. The maximum absolute atomic E-state index is 13.1. The highest BCUT2D eigenvalue weighted by Crippen LogP contribution is 2.34. The lowest BCUT2D eigenvalue weighted by Crippen LogP contribution is -2.08. The van der Waals surface area contributed by atoms with Gasteiger partial charge in [0.1, 0.15) is 11.6 Å². The van der Waals surface area contributed by atoms with Crippen LogP contribution in [0.1, 0.15) is 11.3 Å². The second-order valence-electron chi connectivity index (χ2n) is 3.98. The van der Waals surface area contributed by atoms with Gasteiger partial charge in [0.25, 0.3) is 0 Å². The van der Waals surface area contributed by atoms with Gasteiger partial charge in [0.15, 0.2) is 0 Å². The zero-order valence-electron chi connectivity index (χ0n) is 10.3. The Morgan fingerprint density at radius 3 is 2.52 bits per heavy atom. The number of nitrogens with zero attached hydrogens (tertiary/aromatic N) is 1. The number of halogens is 5. The van der Waals surface area contributed by atoms with E-state index >= 15 is 0 Å². The minimum Gasteiger partial charge on any atom is -0.439 e. The zero-order chi connectivity index (χ0) is 15.6. The Hall–Kier alpha value is -1.86. The minimum atomic E-state index is -4.83. The number of aliphatic hydroxyl groups excluding tert-OH is 1. The topological polar surface area (TPSA) is 42.4 Å². The summed E-state index contributed by atoms with van der Waals surface area (Å²) in [5.41, 5.74) is -1.32. The van der Waals surface area contributed by atoms with Crippen LogP contribution in [-0.2, 0) is 12.8 Å². The van der Waals surface area contributed by atoms with E-state index in [1.807, 2.05) is 0 Å². The molecule has 0 aliphatic carbocycles. The summed E-state index contributed by atoms with van der Waals surface area (Å²) in [6.45, 7) is -0.451. The van der Waals surface area contributed by atoms with Crippen molar-refractivity contribution in [3.8, 4) is 11.6 Å². The number of aliphatic hydroxyl groups is 1. The third kappa shape index (κ3) is 3.62. The predicted octanol–water partition coefficient (Wildman–Crippen LogP) is 4.18. The summed E-state index contributed by atoms with van der Waals surface area (Å²) in [5, 5.41) is 9.19. The Kier molecular flexibility index (Phi) is 4.34. The molecule has 1 aromatic heterocycles. The molecule has 21 heavy (non-hydrogen) atoms. The Bertz CT molecular complexity index is 661. The molecule has 112 valence electrons. The van der Waals surface area contributed by atoms with E-state index in [1.54, 1.807) is 0 Å². The molecule has 0 radical (unpaired) electrons. The largest absolute Gasteiger partial charge is 0.439 e. The molecule has 0 aliphatic heterocycles. The molecule has 0 amide bonds. The molecule has 0 spiro atoms. The third-order valence-corrected chi connectivity index (χ3v) is 2.85. The molecule has 1 N–H and O–H groups in total. The van der Waals surface area contributed by atoms with Gasteiger partial charge in [-0.3, -0.25) is 0 Å². The van der Waals surface area contributed by atoms with Crippen LogP contribution in [0.4, 0.5) is 17.6 Å². The molecule has 0 saturated carbocycles. The fourth-order valence-corrected chi connectivity index (χ4v) is 1.70. The molecule has 0 atom stereocenters. The fourth-order valence-electron chi connectivity index (χ4n) is 1.54. The molecule has 2 rings (SSSR count). The van der Waals surface area contributed by atoms with Crippen LogP contribution in [0.5, 0.6) is 11.6 Å². The number of hydrogen-bond acceptors (Lipinski definition) is 3. The number of aromatic nitrogens is 1. The Balaban J connectivity index is 2.32. The van der Waals surface area contributed by atoms with Crippen molar-refractivity contribution in [1.82, 2.24) is 4.98 Å². The van der Waals surface area contributed by atoms with E-state index in [0.717, 1.165) is 6.07 Å². The van der Waals surface area contributed by atoms with Crippen molar-refractivity contribution < 1.29 is 27.4 Å². The molecule has 0 fully saturated rings. The SMILES string of the molecule is OCc1nc(Oc2ccc(F)c(C(F)(F)F)c2)ccc1Cl. The average Bonchev–Trinajstić information content (AvgIpc) is 2.42. The highest BCUT2D eigenvalue weighted by molar-refractivity contribution is 6.31. The summed E-state index contributed by atoms with van der Waals surface area (Å²) in [5.74, 6) is -1.69. The number of rotatable bonds is 3. The van der Waals surface area contributed by atoms with Crippen LogP contribution in [0.25, 0.3) is 0 Å². The standard InChI is InChI=1S/C13H8ClF4NO2/c14-9-2-4-12(19-11(9)6-20)21-7-1-3-10(15)8(5-7)13(16,17)18/h1-5,20H,6H2. The van der Waals surface area contributed by atoms with E-state index in [1.165, 1.54) is 12.1 Å². The lowest BCUT2D eigenvalue weighted by atomic mass is 10.2. The third-order valence-electron chi connectivity index (χ3n) is 2.51. The van der Waals surface area contributed by atoms with E-state index in [-0.39, 0.29) is 22.3 Å². The lowest BCUT2D eigenvalue weighted by Gasteiger charge is -2.11. The van der Waals surface area contributed by atoms with Gasteiger partial charge in [0, 0.05) is 6.07 Å². The van der Waals surface area contributed by atoms with E-state index in [0.29, 0.717) is 12.1 Å². The van der Waals surface area contributed by atoms with E-state index < -0.39 is 24.2 Å². The molecular weight excluding hydrogens is 314 g/mol. The molecule has 0 unspecified atom stereocenters. The first-order chi connectivity index (χ1) is 9.81.